The second-order valence-corrected chi connectivity index (χ2v) is 6.38. The van der Waals surface area contributed by atoms with Crippen LogP contribution in [0.25, 0.3) is 0 Å². The molecular weight excluding hydrogens is 305 g/mol. The number of benzene rings is 1. The lowest BCUT2D eigenvalue weighted by atomic mass is 9.92. The maximum Gasteiger partial charge on any atom is 0.262 e. The Morgan fingerprint density at radius 2 is 1.83 bits per heavy atom. The van der Waals surface area contributed by atoms with Crippen molar-refractivity contribution in [3.63, 3.8) is 0 Å². The monoisotopic (exact) mass is 328 g/mol. The van der Waals surface area contributed by atoms with Gasteiger partial charge in [-0.3, -0.25) is 4.79 Å². The molecule has 1 heterocycles. The Balaban J connectivity index is 2.07. The van der Waals surface area contributed by atoms with Gasteiger partial charge in [0.1, 0.15) is 11.9 Å². The summed E-state index contributed by atoms with van der Waals surface area (Å²) in [4.78, 5) is 14.6. The summed E-state index contributed by atoms with van der Waals surface area (Å²) in [7, 11) is 0. The maximum absolute atomic E-state index is 13.3. The van der Waals surface area contributed by atoms with Gasteiger partial charge in [-0.05, 0) is 43.1 Å². The maximum atomic E-state index is 13.3. The van der Waals surface area contributed by atoms with Crippen molar-refractivity contribution in [2.75, 3.05) is 19.6 Å². The number of nitrogens with one attached hydrogen (secondary N) is 1. The van der Waals surface area contributed by atoms with Gasteiger partial charge in [0.2, 0.25) is 5.91 Å². The van der Waals surface area contributed by atoms with E-state index in [9.17, 15) is 18.0 Å². The van der Waals surface area contributed by atoms with Crippen LogP contribution in [0.5, 0.6) is 0 Å². The third-order valence-corrected chi connectivity index (χ3v) is 4.32. The highest BCUT2D eigenvalue weighted by Gasteiger charge is 2.31. The number of alkyl halides is 2. The van der Waals surface area contributed by atoms with Crippen LogP contribution in [0, 0.1) is 17.7 Å². The van der Waals surface area contributed by atoms with Crippen LogP contribution in [-0.4, -0.2) is 36.9 Å². The van der Waals surface area contributed by atoms with Crippen LogP contribution in [0.3, 0.4) is 0 Å². The van der Waals surface area contributed by atoms with E-state index in [0.717, 1.165) is 31.6 Å². The van der Waals surface area contributed by atoms with Crippen molar-refractivity contribution in [3.8, 4) is 0 Å². The van der Waals surface area contributed by atoms with E-state index in [-0.39, 0.29) is 23.3 Å². The summed E-state index contributed by atoms with van der Waals surface area (Å²) in [5, 5.41) is 2.45. The largest absolute Gasteiger partial charge is 0.343 e. The van der Waals surface area contributed by atoms with E-state index in [1.165, 1.54) is 12.1 Å². The zero-order chi connectivity index (χ0) is 17.0. The van der Waals surface area contributed by atoms with Crippen LogP contribution in [0.15, 0.2) is 24.3 Å². The van der Waals surface area contributed by atoms with Crippen LogP contribution in [0.4, 0.5) is 13.2 Å². The standard InChI is InChI=1S/C17H23F3N2O/c1-11(2)14(10-22-8-3-9-22)17(23)21-15(16(19)20)12-4-6-13(18)7-5-12/h4-7,11,14-16H,3,8-10H2,1-2H3,(H,21,23)/t14?,15-/m1/s1. The molecule has 1 aliphatic heterocycles. The molecule has 1 unspecified atom stereocenters. The summed E-state index contributed by atoms with van der Waals surface area (Å²) in [5.74, 6) is -1.15. The zero-order valence-electron chi connectivity index (χ0n) is 13.4. The number of rotatable bonds is 7. The second-order valence-electron chi connectivity index (χ2n) is 6.38. The molecule has 23 heavy (non-hydrogen) atoms. The number of carbonyl (C=O) groups excluding carboxylic acids is 1. The molecule has 1 aliphatic rings. The molecule has 1 N–H and O–H groups in total. The Labute approximate surface area is 134 Å². The molecule has 1 saturated heterocycles. The van der Waals surface area contributed by atoms with Gasteiger partial charge in [-0.15, -0.1) is 0 Å². The molecule has 128 valence electrons. The van der Waals surface area contributed by atoms with E-state index in [2.05, 4.69) is 10.2 Å². The molecule has 0 spiro atoms. The topological polar surface area (TPSA) is 32.3 Å². The molecule has 0 bridgehead atoms. The minimum atomic E-state index is -2.75. The van der Waals surface area contributed by atoms with Crippen LogP contribution in [-0.2, 0) is 4.79 Å². The number of likely N-dealkylation sites (tertiary alicyclic amines) is 1. The highest BCUT2D eigenvalue weighted by molar-refractivity contribution is 5.79. The molecular formula is C17H23F3N2O. The quantitative estimate of drug-likeness (QED) is 0.833. The average Bonchev–Trinajstić information content (AvgIpc) is 2.43. The molecule has 0 aromatic heterocycles. The van der Waals surface area contributed by atoms with Crippen LogP contribution in [0.2, 0.25) is 0 Å². The first kappa shape index (κ1) is 17.8. The number of hydrogen-bond donors (Lipinski definition) is 1. The normalized spacial score (nSPS) is 17.9. The molecule has 3 nitrogen and oxygen atoms in total. The van der Waals surface area contributed by atoms with Crippen molar-refractivity contribution in [3.05, 3.63) is 35.6 Å². The predicted molar refractivity (Wildman–Crippen MR) is 82.7 cm³/mol. The Morgan fingerprint density at radius 3 is 2.26 bits per heavy atom. The lowest BCUT2D eigenvalue weighted by molar-refractivity contribution is -0.129. The van der Waals surface area contributed by atoms with E-state index in [0.29, 0.717) is 6.54 Å². The molecule has 1 aromatic rings. The van der Waals surface area contributed by atoms with E-state index < -0.39 is 18.3 Å². The van der Waals surface area contributed by atoms with E-state index in [1.54, 1.807) is 0 Å². The van der Waals surface area contributed by atoms with Gasteiger partial charge in [-0.25, -0.2) is 13.2 Å². The number of amides is 1. The van der Waals surface area contributed by atoms with Crippen LogP contribution in [0.1, 0.15) is 31.9 Å². The number of halogens is 3. The minimum absolute atomic E-state index is 0.0575. The van der Waals surface area contributed by atoms with E-state index in [1.807, 2.05) is 13.8 Å². The molecule has 1 amide bonds. The summed E-state index contributed by atoms with van der Waals surface area (Å²) < 4.78 is 39.6. The first-order valence-corrected chi connectivity index (χ1v) is 7.95. The summed E-state index contributed by atoms with van der Waals surface area (Å²) in [6, 6.07) is 3.40. The van der Waals surface area contributed by atoms with Crippen LogP contribution >= 0.6 is 0 Å². The van der Waals surface area contributed by atoms with Crippen molar-refractivity contribution in [1.29, 1.82) is 0 Å². The molecule has 6 heteroatoms. The van der Waals surface area contributed by atoms with Crippen molar-refractivity contribution >= 4 is 5.91 Å². The number of hydrogen-bond acceptors (Lipinski definition) is 2. The highest BCUT2D eigenvalue weighted by Crippen LogP contribution is 2.23. The van der Waals surface area contributed by atoms with Gasteiger partial charge in [0.15, 0.2) is 0 Å². The first-order chi connectivity index (χ1) is 10.9. The lowest BCUT2D eigenvalue weighted by Gasteiger charge is -2.35. The van der Waals surface area contributed by atoms with Crippen molar-refractivity contribution in [2.24, 2.45) is 11.8 Å². The Kier molecular flexibility index (Phi) is 6.04. The summed E-state index contributed by atoms with van der Waals surface area (Å²) in [6.45, 7) is 6.32. The Bertz CT molecular complexity index is 515. The molecule has 0 radical (unpaired) electrons. The Morgan fingerprint density at radius 1 is 1.22 bits per heavy atom. The third kappa shape index (κ3) is 4.70. The van der Waals surface area contributed by atoms with Gasteiger partial charge >= 0.3 is 0 Å². The summed E-state index contributed by atoms with van der Waals surface area (Å²) >= 11 is 0. The minimum Gasteiger partial charge on any atom is -0.343 e. The molecule has 0 saturated carbocycles. The third-order valence-electron chi connectivity index (χ3n) is 4.32. The average molecular weight is 328 g/mol. The second kappa shape index (κ2) is 7.81. The fourth-order valence-corrected chi connectivity index (χ4v) is 2.66. The number of nitrogens with zero attached hydrogens (tertiary/aromatic N) is 1. The van der Waals surface area contributed by atoms with E-state index in [4.69, 9.17) is 0 Å². The van der Waals surface area contributed by atoms with Gasteiger partial charge in [-0.2, -0.15) is 0 Å². The van der Waals surface area contributed by atoms with Gasteiger partial charge in [0.05, 0.1) is 5.92 Å². The van der Waals surface area contributed by atoms with E-state index >= 15 is 0 Å². The molecule has 1 fully saturated rings. The van der Waals surface area contributed by atoms with Gasteiger partial charge in [0.25, 0.3) is 6.43 Å². The number of carbonyl (C=O) groups is 1. The molecule has 1 aromatic carbocycles. The lowest BCUT2D eigenvalue weighted by Crippen LogP contribution is -2.47. The predicted octanol–water partition coefficient (Wildman–Crippen LogP) is 3.23. The van der Waals surface area contributed by atoms with Crippen molar-refractivity contribution < 1.29 is 18.0 Å². The summed E-state index contributed by atoms with van der Waals surface area (Å²) in [6.07, 6.45) is -1.64. The molecule has 2 atom stereocenters. The first-order valence-electron chi connectivity index (χ1n) is 7.95. The van der Waals surface area contributed by atoms with Crippen LogP contribution < -0.4 is 5.32 Å². The van der Waals surface area contributed by atoms with Gasteiger partial charge in [-0.1, -0.05) is 26.0 Å². The fourth-order valence-electron chi connectivity index (χ4n) is 2.66. The summed E-state index contributed by atoms with van der Waals surface area (Å²) in [5.41, 5.74) is 0.209. The van der Waals surface area contributed by atoms with Gasteiger partial charge < -0.3 is 10.2 Å². The van der Waals surface area contributed by atoms with Crippen molar-refractivity contribution in [1.82, 2.24) is 10.2 Å². The zero-order valence-corrected chi connectivity index (χ0v) is 13.4. The molecule has 2 rings (SSSR count). The fraction of sp³-hybridized carbons (Fsp3) is 0.588. The SMILES string of the molecule is CC(C)C(CN1CCC1)C(=O)N[C@H](c1ccc(F)cc1)C(F)F. The molecule has 0 aliphatic carbocycles. The van der Waals surface area contributed by atoms with Gasteiger partial charge in [0, 0.05) is 6.54 Å². The Hall–Kier alpha value is -1.56. The highest BCUT2D eigenvalue weighted by atomic mass is 19.3. The smallest absolute Gasteiger partial charge is 0.262 e. The van der Waals surface area contributed by atoms with Crippen molar-refractivity contribution in [2.45, 2.75) is 32.7 Å².